The number of hydrogen-bond acceptors (Lipinski definition) is 6. The van der Waals surface area contributed by atoms with E-state index >= 15 is 0 Å². The van der Waals surface area contributed by atoms with E-state index in [0.717, 1.165) is 22.0 Å². The molecule has 3 aromatic carbocycles. The van der Waals surface area contributed by atoms with Gasteiger partial charge in [0.25, 0.3) is 0 Å². The molecule has 39 heavy (non-hydrogen) atoms. The van der Waals surface area contributed by atoms with E-state index in [1.807, 2.05) is 31.2 Å². The van der Waals surface area contributed by atoms with Gasteiger partial charge in [0.1, 0.15) is 17.4 Å². The summed E-state index contributed by atoms with van der Waals surface area (Å²) in [6, 6.07) is 16.1. The quantitative estimate of drug-likeness (QED) is 0.169. The lowest BCUT2D eigenvalue weighted by Crippen LogP contribution is -2.44. The predicted octanol–water partition coefficient (Wildman–Crippen LogP) is 5.00. The van der Waals surface area contributed by atoms with Crippen molar-refractivity contribution in [3.63, 3.8) is 0 Å². The van der Waals surface area contributed by atoms with Gasteiger partial charge in [-0.2, -0.15) is 4.72 Å². The summed E-state index contributed by atoms with van der Waals surface area (Å²) in [4.78, 5) is 29.2. The van der Waals surface area contributed by atoms with E-state index in [1.165, 1.54) is 12.1 Å². The number of aromatic amines is 1. The molecule has 0 spiro atoms. The fourth-order valence-corrected chi connectivity index (χ4v) is 5.80. The zero-order valence-corrected chi connectivity index (χ0v) is 22.8. The van der Waals surface area contributed by atoms with Gasteiger partial charge < -0.3 is 14.1 Å². The van der Waals surface area contributed by atoms with E-state index in [-0.39, 0.29) is 17.1 Å². The summed E-state index contributed by atoms with van der Waals surface area (Å²) in [5.41, 5.74) is 4.09. The monoisotopic (exact) mass is 544 g/mol. The van der Waals surface area contributed by atoms with Gasteiger partial charge in [-0.25, -0.2) is 18.0 Å². The van der Waals surface area contributed by atoms with Gasteiger partial charge in [0.05, 0.1) is 10.3 Å². The fraction of sp³-hybridized carbons (Fsp3) is 0.200. The number of esters is 1. The first-order chi connectivity index (χ1) is 18.5. The van der Waals surface area contributed by atoms with Crippen LogP contribution < -0.4 is 15.1 Å². The maximum atomic E-state index is 13.7. The van der Waals surface area contributed by atoms with Crippen LogP contribution in [0, 0.1) is 27.7 Å². The minimum Gasteiger partial charge on any atom is -0.425 e. The number of fused-ring (bicyclic) bond motifs is 2. The first-order valence-electron chi connectivity index (χ1n) is 12.4. The van der Waals surface area contributed by atoms with Crippen molar-refractivity contribution in [2.75, 3.05) is 0 Å². The number of aryl methyl sites for hydroxylation is 3. The second-order valence-electron chi connectivity index (χ2n) is 9.75. The Balaban J connectivity index is 1.56. The standard InChI is InChI=1S/C30H28N2O6S/c1-17-9-11-22(12-10-17)39(35,36)32-25(15-21-16-31-24-8-6-5-7-23(21)24)30(34)38-27-14-18(2)13-26-28(27)19(3)20(4)29(33)37-26/h5-14,16,25,31-32H,15H2,1-4H3. The molecule has 0 aliphatic rings. The topological polar surface area (TPSA) is 118 Å². The van der Waals surface area contributed by atoms with E-state index in [0.29, 0.717) is 27.7 Å². The maximum Gasteiger partial charge on any atom is 0.339 e. The Morgan fingerprint density at radius 3 is 2.44 bits per heavy atom. The lowest BCUT2D eigenvalue weighted by molar-refractivity contribution is -0.136. The number of H-pyrrole nitrogens is 1. The number of carbonyl (C=O) groups excluding carboxylic acids is 1. The molecule has 2 N–H and O–H groups in total. The molecule has 200 valence electrons. The Morgan fingerprint density at radius 2 is 1.69 bits per heavy atom. The number of rotatable bonds is 7. The summed E-state index contributed by atoms with van der Waals surface area (Å²) >= 11 is 0. The second kappa shape index (κ2) is 10.2. The highest BCUT2D eigenvalue weighted by Gasteiger charge is 2.29. The van der Waals surface area contributed by atoms with Crippen LogP contribution in [0.3, 0.4) is 0 Å². The Labute approximate surface area is 225 Å². The van der Waals surface area contributed by atoms with Crippen LogP contribution in [0.15, 0.2) is 81.0 Å². The number of hydrogen-bond donors (Lipinski definition) is 2. The van der Waals surface area contributed by atoms with E-state index in [2.05, 4.69) is 9.71 Å². The predicted molar refractivity (Wildman–Crippen MR) is 150 cm³/mol. The van der Waals surface area contributed by atoms with Crippen molar-refractivity contribution in [1.82, 2.24) is 9.71 Å². The fourth-order valence-electron chi connectivity index (χ4n) is 4.61. The smallest absolute Gasteiger partial charge is 0.339 e. The highest BCUT2D eigenvalue weighted by molar-refractivity contribution is 7.89. The zero-order chi connectivity index (χ0) is 27.9. The third kappa shape index (κ3) is 5.23. The Hall–Kier alpha value is -4.21. The van der Waals surface area contributed by atoms with E-state index in [1.54, 1.807) is 51.2 Å². The van der Waals surface area contributed by atoms with Gasteiger partial charge >= 0.3 is 11.6 Å². The van der Waals surface area contributed by atoms with Crippen molar-refractivity contribution in [3.05, 3.63) is 105 Å². The van der Waals surface area contributed by atoms with Crippen LogP contribution in [-0.2, 0) is 21.2 Å². The molecule has 0 radical (unpaired) electrons. The molecule has 0 saturated heterocycles. The molecular weight excluding hydrogens is 516 g/mol. The van der Waals surface area contributed by atoms with Crippen molar-refractivity contribution in [2.45, 2.75) is 45.1 Å². The molecule has 1 atom stereocenters. The van der Waals surface area contributed by atoms with Crippen molar-refractivity contribution in [1.29, 1.82) is 0 Å². The lowest BCUT2D eigenvalue weighted by atomic mass is 10.0. The summed E-state index contributed by atoms with van der Waals surface area (Å²) in [7, 11) is -4.06. The third-order valence-corrected chi connectivity index (χ3v) is 8.37. The number of aromatic nitrogens is 1. The normalized spacial score (nSPS) is 12.6. The van der Waals surface area contributed by atoms with Gasteiger partial charge in [-0.1, -0.05) is 35.9 Å². The average Bonchev–Trinajstić information content (AvgIpc) is 3.29. The van der Waals surface area contributed by atoms with Crippen LogP contribution in [0.4, 0.5) is 0 Å². The first-order valence-corrected chi connectivity index (χ1v) is 13.9. The van der Waals surface area contributed by atoms with Crippen molar-refractivity contribution in [3.8, 4) is 5.75 Å². The summed E-state index contributed by atoms with van der Waals surface area (Å²) in [6.07, 6.45) is 1.81. The molecule has 0 aliphatic heterocycles. The number of ether oxygens (including phenoxy) is 1. The Kier molecular flexibility index (Phi) is 6.88. The summed E-state index contributed by atoms with van der Waals surface area (Å²) < 4.78 is 40.5. The molecule has 9 heteroatoms. The molecule has 8 nitrogen and oxygen atoms in total. The van der Waals surface area contributed by atoms with Gasteiger partial charge in [0.15, 0.2) is 0 Å². The van der Waals surface area contributed by atoms with E-state index < -0.39 is 27.7 Å². The Morgan fingerprint density at radius 1 is 0.974 bits per heavy atom. The van der Waals surface area contributed by atoms with Crippen molar-refractivity contribution in [2.24, 2.45) is 0 Å². The van der Waals surface area contributed by atoms with Crippen LogP contribution in [0.2, 0.25) is 0 Å². The van der Waals surface area contributed by atoms with Gasteiger partial charge in [-0.05, 0) is 74.7 Å². The van der Waals surface area contributed by atoms with Crippen molar-refractivity contribution >= 4 is 37.9 Å². The van der Waals surface area contributed by atoms with Gasteiger partial charge in [-0.3, -0.25) is 0 Å². The van der Waals surface area contributed by atoms with E-state index in [4.69, 9.17) is 9.15 Å². The molecule has 0 bridgehead atoms. The van der Waals surface area contributed by atoms with Crippen LogP contribution in [0.5, 0.6) is 5.75 Å². The molecule has 2 heterocycles. The maximum absolute atomic E-state index is 13.7. The number of para-hydroxylation sites is 1. The third-order valence-electron chi connectivity index (χ3n) is 6.88. The molecule has 2 aromatic heterocycles. The molecule has 0 aliphatic carbocycles. The van der Waals surface area contributed by atoms with Crippen LogP contribution in [-0.4, -0.2) is 25.4 Å². The lowest BCUT2D eigenvalue weighted by Gasteiger charge is -2.19. The molecule has 1 unspecified atom stereocenters. The van der Waals surface area contributed by atoms with Crippen LogP contribution >= 0.6 is 0 Å². The number of benzene rings is 3. The first kappa shape index (κ1) is 26.4. The molecule has 5 aromatic rings. The minimum absolute atomic E-state index is 0.0408. The molecule has 0 amide bonds. The molecule has 0 saturated carbocycles. The molecule has 0 fully saturated rings. The summed E-state index contributed by atoms with van der Waals surface area (Å²) in [5, 5.41) is 1.36. The molecule has 5 rings (SSSR count). The Bertz CT molecular complexity index is 1890. The largest absolute Gasteiger partial charge is 0.425 e. The SMILES string of the molecule is Cc1ccc(S(=O)(=O)NC(Cc2c[nH]c3ccccc23)C(=O)Oc2cc(C)cc3oc(=O)c(C)c(C)c23)cc1. The molecular formula is C30H28N2O6S. The zero-order valence-electron chi connectivity index (χ0n) is 22.0. The number of nitrogens with one attached hydrogen (secondary N) is 2. The average molecular weight is 545 g/mol. The number of sulfonamides is 1. The minimum atomic E-state index is -4.06. The van der Waals surface area contributed by atoms with Gasteiger partial charge in [0, 0.05) is 29.1 Å². The van der Waals surface area contributed by atoms with Gasteiger partial charge in [0.2, 0.25) is 10.0 Å². The van der Waals surface area contributed by atoms with E-state index in [9.17, 15) is 18.0 Å². The second-order valence-corrected chi connectivity index (χ2v) is 11.5. The van der Waals surface area contributed by atoms with Gasteiger partial charge in [-0.15, -0.1) is 0 Å². The highest BCUT2D eigenvalue weighted by atomic mass is 32.2. The summed E-state index contributed by atoms with van der Waals surface area (Å²) in [6.45, 7) is 7.04. The summed E-state index contributed by atoms with van der Waals surface area (Å²) in [5.74, 6) is -0.594. The highest BCUT2D eigenvalue weighted by Crippen LogP contribution is 2.31. The van der Waals surface area contributed by atoms with Crippen LogP contribution in [0.1, 0.15) is 27.8 Å². The van der Waals surface area contributed by atoms with Crippen LogP contribution in [0.25, 0.3) is 21.9 Å². The van der Waals surface area contributed by atoms with Crippen molar-refractivity contribution < 1.29 is 22.4 Å². The number of carbonyl (C=O) groups is 1.